The van der Waals surface area contributed by atoms with E-state index < -0.39 is 0 Å². The summed E-state index contributed by atoms with van der Waals surface area (Å²) in [7, 11) is 0. The Morgan fingerprint density at radius 1 is 1.62 bits per heavy atom. The lowest BCUT2D eigenvalue weighted by atomic mass is 10.3. The number of rotatable bonds is 1. The number of aromatic nitrogens is 1. The van der Waals surface area contributed by atoms with Crippen molar-refractivity contribution in [2.45, 2.75) is 0 Å². The number of nitrogen functional groups attached to an aromatic ring is 1. The predicted molar refractivity (Wildman–Crippen MR) is 62.0 cm³/mol. The third-order valence-corrected chi connectivity index (χ3v) is 3.64. The van der Waals surface area contributed by atoms with E-state index in [1.807, 2.05) is 11.4 Å². The maximum atomic E-state index is 5.87. The summed E-state index contributed by atoms with van der Waals surface area (Å²) in [6.07, 6.45) is 0. The first kappa shape index (κ1) is 9.29. The summed E-state index contributed by atoms with van der Waals surface area (Å²) in [6, 6.07) is 1.97. The van der Waals surface area contributed by atoms with Crippen molar-refractivity contribution in [1.82, 2.24) is 5.16 Å². The summed E-state index contributed by atoms with van der Waals surface area (Å²) >= 11 is 9.72. The zero-order valence-electron chi connectivity index (χ0n) is 6.25. The van der Waals surface area contributed by atoms with Gasteiger partial charge in [0.05, 0.1) is 2.88 Å². The van der Waals surface area contributed by atoms with Crippen LogP contribution in [-0.4, -0.2) is 5.16 Å². The minimum atomic E-state index is 0.234. The van der Waals surface area contributed by atoms with Crippen molar-refractivity contribution in [2.24, 2.45) is 0 Å². The predicted octanol–water partition coefficient (Wildman–Crippen LogP) is 3.24. The summed E-state index contributed by atoms with van der Waals surface area (Å²) in [5, 5.41) is 5.91. The van der Waals surface area contributed by atoms with Gasteiger partial charge in [0.2, 0.25) is 0 Å². The molecule has 2 N–H and O–H groups in total. The number of anilines is 1. The first-order valence-electron chi connectivity index (χ1n) is 3.33. The number of hydrogen-bond donors (Lipinski definition) is 1. The third-order valence-electron chi connectivity index (χ3n) is 1.49. The molecule has 2 aromatic heterocycles. The van der Waals surface area contributed by atoms with Gasteiger partial charge in [-0.1, -0.05) is 16.8 Å². The minimum absolute atomic E-state index is 0.234. The molecule has 0 aliphatic carbocycles. The SMILES string of the molecule is Nc1noc(-c2csc(I)c2)c1Cl. The molecular formula is C7H4ClIN2OS. The molecule has 2 rings (SSSR count). The molecule has 0 atom stereocenters. The minimum Gasteiger partial charge on any atom is -0.380 e. The van der Waals surface area contributed by atoms with E-state index in [9.17, 15) is 0 Å². The summed E-state index contributed by atoms with van der Waals surface area (Å²) in [5.74, 6) is 0.774. The Morgan fingerprint density at radius 2 is 2.38 bits per heavy atom. The fourth-order valence-electron chi connectivity index (χ4n) is 0.900. The fraction of sp³-hybridized carbons (Fsp3) is 0. The average Bonchev–Trinajstić information content (AvgIpc) is 2.62. The van der Waals surface area contributed by atoms with Crippen LogP contribution in [0.1, 0.15) is 0 Å². The molecule has 3 nitrogen and oxygen atoms in total. The second kappa shape index (κ2) is 3.47. The van der Waals surface area contributed by atoms with E-state index in [1.165, 1.54) is 2.88 Å². The summed E-state index contributed by atoms with van der Waals surface area (Å²) in [5.41, 5.74) is 6.37. The van der Waals surface area contributed by atoms with Crippen LogP contribution in [-0.2, 0) is 0 Å². The van der Waals surface area contributed by atoms with Crippen LogP contribution in [0.25, 0.3) is 11.3 Å². The van der Waals surface area contributed by atoms with Crippen LogP contribution < -0.4 is 5.73 Å². The molecule has 13 heavy (non-hydrogen) atoms. The van der Waals surface area contributed by atoms with Crippen LogP contribution in [0.15, 0.2) is 16.0 Å². The summed E-state index contributed by atoms with van der Waals surface area (Å²) < 4.78 is 6.16. The van der Waals surface area contributed by atoms with Gasteiger partial charge in [-0.3, -0.25) is 0 Å². The van der Waals surface area contributed by atoms with Crippen LogP contribution in [0, 0.1) is 2.88 Å². The van der Waals surface area contributed by atoms with Gasteiger partial charge in [0.1, 0.15) is 5.02 Å². The highest BCUT2D eigenvalue weighted by molar-refractivity contribution is 14.1. The Bertz CT molecular complexity index is 439. The molecule has 0 bridgehead atoms. The van der Waals surface area contributed by atoms with Gasteiger partial charge in [0, 0.05) is 10.9 Å². The van der Waals surface area contributed by atoms with Gasteiger partial charge < -0.3 is 10.3 Å². The van der Waals surface area contributed by atoms with Crippen LogP contribution in [0.5, 0.6) is 0 Å². The Labute approximate surface area is 97.0 Å². The number of nitrogens with two attached hydrogens (primary N) is 1. The molecule has 6 heteroatoms. The molecule has 2 aromatic rings. The van der Waals surface area contributed by atoms with Crippen LogP contribution in [0.2, 0.25) is 5.02 Å². The fourth-order valence-corrected chi connectivity index (χ4v) is 2.40. The van der Waals surface area contributed by atoms with E-state index in [-0.39, 0.29) is 5.82 Å². The summed E-state index contributed by atoms with van der Waals surface area (Å²) in [4.78, 5) is 0. The monoisotopic (exact) mass is 326 g/mol. The lowest BCUT2D eigenvalue weighted by Gasteiger charge is -1.88. The number of nitrogens with zero attached hydrogens (tertiary/aromatic N) is 1. The normalized spacial score (nSPS) is 10.6. The molecule has 0 saturated carbocycles. The highest BCUT2D eigenvalue weighted by Crippen LogP contribution is 2.34. The Balaban J connectivity index is 2.52. The van der Waals surface area contributed by atoms with Gasteiger partial charge in [0.15, 0.2) is 11.6 Å². The van der Waals surface area contributed by atoms with Gasteiger partial charge in [0.25, 0.3) is 0 Å². The molecule has 0 amide bonds. The average molecular weight is 327 g/mol. The number of thiophene rings is 1. The van der Waals surface area contributed by atoms with E-state index in [4.69, 9.17) is 21.9 Å². The van der Waals surface area contributed by atoms with Crippen molar-refractivity contribution in [1.29, 1.82) is 0 Å². The van der Waals surface area contributed by atoms with Crippen LogP contribution in [0.4, 0.5) is 5.82 Å². The zero-order valence-corrected chi connectivity index (χ0v) is 9.98. The maximum absolute atomic E-state index is 5.87. The van der Waals surface area contributed by atoms with E-state index in [2.05, 4.69) is 27.7 Å². The van der Waals surface area contributed by atoms with Gasteiger partial charge in [-0.15, -0.1) is 11.3 Å². The number of hydrogen-bond acceptors (Lipinski definition) is 4. The van der Waals surface area contributed by atoms with Crippen molar-refractivity contribution in [3.05, 3.63) is 19.4 Å². The molecule has 2 heterocycles. The van der Waals surface area contributed by atoms with Crippen molar-refractivity contribution in [3.8, 4) is 11.3 Å². The molecule has 0 aromatic carbocycles. The molecule has 0 saturated heterocycles. The molecule has 0 aliphatic heterocycles. The highest BCUT2D eigenvalue weighted by atomic mass is 127. The first-order chi connectivity index (χ1) is 6.18. The second-order valence-corrected chi connectivity index (χ2v) is 5.53. The lowest BCUT2D eigenvalue weighted by Crippen LogP contribution is -1.82. The Morgan fingerprint density at radius 3 is 2.85 bits per heavy atom. The van der Waals surface area contributed by atoms with E-state index in [0.717, 1.165) is 5.56 Å². The quantitative estimate of drug-likeness (QED) is 0.819. The van der Waals surface area contributed by atoms with E-state index in [0.29, 0.717) is 10.8 Å². The van der Waals surface area contributed by atoms with Crippen LogP contribution >= 0.6 is 45.5 Å². The summed E-state index contributed by atoms with van der Waals surface area (Å²) in [6.45, 7) is 0. The van der Waals surface area contributed by atoms with E-state index in [1.54, 1.807) is 11.3 Å². The highest BCUT2D eigenvalue weighted by Gasteiger charge is 2.14. The molecule has 0 spiro atoms. The van der Waals surface area contributed by atoms with Gasteiger partial charge in [-0.25, -0.2) is 0 Å². The standard InChI is InChI=1S/C7H4ClIN2OS/c8-5-6(12-11-7(5)10)3-1-4(9)13-2-3/h1-2H,(H2,10,11). The molecule has 68 valence electrons. The second-order valence-electron chi connectivity index (χ2n) is 2.35. The van der Waals surface area contributed by atoms with Gasteiger partial charge in [-0.05, 0) is 28.7 Å². The third kappa shape index (κ3) is 1.68. The van der Waals surface area contributed by atoms with Crippen molar-refractivity contribution in [3.63, 3.8) is 0 Å². The maximum Gasteiger partial charge on any atom is 0.188 e. The molecular weight excluding hydrogens is 323 g/mol. The first-order valence-corrected chi connectivity index (χ1v) is 5.67. The molecule has 0 unspecified atom stereocenters. The topological polar surface area (TPSA) is 52.0 Å². The van der Waals surface area contributed by atoms with Crippen molar-refractivity contribution in [2.75, 3.05) is 5.73 Å². The van der Waals surface area contributed by atoms with Gasteiger partial charge in [-0.2, -0.15) is 0 Å². The van der Waals surface area contributed by atoms with Crippen LogP contribution in [0.3, 0.4) is 0 Å². The Hall–Kier alpha value is -0.270. The van der Waals surface area contributed by atoms with E-state index >= 15 is 0 Å². The van der Waals surface area contributed by atoms with Crippen molar-refractivity contribution < 1.29 is 4.52 Å². The molecule has 0 aliphatic rings. The molecule has 0 fully saturated rings. The largest absolute Gasteiger partial charge is 0.380 e. The van der Waals surface area contributed by atoms with Crippen molar-refractivity contribution >= 4 is 51.3 Å². The number of halogens is 2. The smallest absolute Gasteiger partial charge is 0.188 e. The lowest BCUT2D eigenvalue weighted by molar-refractivity contribution is 0.436. The van der Waals surface area contributed by atoms with Gasteiger partial charge >= 0.3 is 0 Å². The Kier molecular flexibility index (Phi) is 2.48. The molecule has 0 radical (unpaired) electrons. The zero-order chi connectivity index (χ0) is 9.42.